The maximum absolute atomic E-state index is 12.3. The van der Waals surface area contributed by atoms with Gasteiger partial charge in [-0.1, -0.05) is 6.92 Å². The van der Waals surface area contributed by atoms with E-state index in [2.05, 4.69) is 9.47 Å². The average molecular weight is 423 g/mol. The fourth-order valence-corrected chi connectivity index (χ4v) is 1.07. The molecule has 0 rings (SSSR count). The van der Waals surface area contributed by atoms with Gasteiger partial charge in [0.1, 0.15) is 0 Å². The standard InChI is InChI=1S/C12H15F6O4.Rb/c1-5-6(2)7(19)22-10(3,4)9(20)21-8(11(13,14)15)12(16,17)18;/h8H,5H2,1-4H3;/q-1;+1. The number of carbonyl (C=O) groups excluding carboxylic acids is 2. The van der Waals surface area contributed by atoms with E-state index in [9.17, 15) is 35.9 Å². The number of rotatable bonds is 5. The zero-order valence-corrected chi connectivity index (χ0v) is 18.1. The maximum atomic E-state index is 12.3. The third-order valence-corrected chi connectivity index (χ3v) is 2.54. The van der Waals surface area contributed by atoms with Crippen molar-refractivity contribution in [3.8, 4) is 0 Å². The van der Waals surface area contributed by atoms with Crippen molar-refractivity contribution in [1.82, 2.24) is 0 Å². The van der Waals surface area contributed by atoms with Crippen molar-refractivity contribution in [1.29, 1.82) is 0 Å². The first kappa shape index (κ1) is 25.4. The predicted molar refractivity (Wildman–Crippen MR) is 61.4 cm³/mol. The first-order chi connectivity index (χ1) is 9.63. The van der Waals surface area contributed by atoms with Gasteiger partial charge in [0.2, 0.25) is 5.60 Å². The number of ether oxygens (including phenoxy) is 2. The van der Waals surface area contributed by atoms with Crippen LogP contribution < -0.4 is 58.2 Å². The molecule has 0 spiro atoms. The van der Waals surface area contributed by atoms with Crippen LogP contribution in [-0.4, -0.2) is 36.0 Å². The summed E-state index contributed by atoms with van der Waals surface area (Å²) in [4.78, 5) is 23.0. The van der Waals surface area contributed by atoms with Crippen LogP contribution in [0.15, 0.2) is 0 Å². The quantitative estimate of drug-likeness (QED) is 0.365. The molecule has 0 unspecified atom stereocenters. The molecule has 0 aliphatic heterocycles. The van der Waals surface area contributed by atoms with Crippen LogP contribution in [0.3, 0.4) is 0 Å². The average Bonchev–Trinajstić information content (AvgIpc) is 2.30. The number of halogens is 6. The Hall–Kier alpha value is 0.195. The number of alkyl halides is 6. The monoisotopic (exact) mass is 422 g/mol. The van der Waals surface area contributed by atoms with Crippen molar-refractivity contribution in [2.24, 2.45) is 0 Å². The maximum Gasteiger partial charge on any atom is 1.00 e. The van der Waals surface area contributed by atoms with Crippen LogP contribution in [0.25, 0.3) is 0 Å². The number of hydrogen-bond donors (Lipinski definition) is 0. The molecule has 0 fully saturated rings. The molecule has 0 bridgehead atoms. The van der Waals surface area contributed by atoms with Gasteiger partial charge in [-0.05, 0) is 13.8 Å². The van der Waals surface area contributed by atoms with Crippen molar-refractivity contribution in [2.45, 2.75) is 58.2 Å². The van der Waals surface area contributed by atoms with Crippen LogP contribution in [0.4, 0.5) is 26.3 Å². The van der Waals surface area contributed by atoms with E-state index in [4.69, 9.17) is 0 Å². The molecule has 4 nitrogen and oxygen atoms in total. The first-order valence-corrected chi connectivity index (χ1v) is 6.03. The molecule has 0 aromatic carbocycles. The van der Waals surface area contributed by atoms with Gasteiger partial charge in [-0.3, -0.25) is 10.7 Å². The zero-order chi connectivity index (χ0) is 17.9. The van der Waals surface area contributed by atoms with E-state index in [1.807, 2.05) is 0 Å². The number of esters is 2. The smallest absolute Gasteiger partial charge is 0.470 e. The molecule has 11 heteroatoms. The van der Waals surface area contributed by atoms with Crippen molar-refractivity contribution in [2.75, 3.05) is 0 Å². The van der Waals surface area contributed by atoms with Gasteiger partial charge in [0.25, 0.3) is 6.10 Å². The van der Waals surface area contributed by atoms with E-state index in [1.54, 1.807) is 6.92 Å². The first-order valence-electron chi connectivity index (χ1n) is 6.03. The summed E-state index contributed by atoms with van der Waals surface area (Å²) in [7, 11) is 0. The molecule has 0 amide bonds. The minimum Gasteiger partial charge on any atom is -0.470 e. The normalized spacial score (nSPS) is 12.5. The van der Waals surface area contributed by atoms with Gasteiger partial charge in [-0.25, -0.2) is 4.79 Å². The molecule has 23 heavy (non-hydrogen) atoms. The van der Waals surface area contributed by atoms with Crippen molar-refractivity contribution in [3.63, 3.8) is 0 Å². The van der Waals surface area contributed by atoms with Gasteiger partial charge in [0.15, 0.2) is 5.97 Å². The van der Waals surface area contributed by atoms with Crippen LogP contribution in [0.2, 0.25) is 0 Å². The van der Waals surface area contributed by atoms with Crippen LogP contribution >= 0.6 is 0 Å². The second-order valence-electron chi connectivity index (χ2n) is 4.90. The summed E-state index contributed by atoms with van der Waals surface area (Å²) < 4.78 is 81.9. The summed E-state index contributed by atoms with van der Waals surface area (Å²) in [5.74, 6) is -2.83. The molecule has 0 radical (unpaired) electrons. The Labute approximate surface area is 178 Å². The summed E-state index contributed by atoms with van der Waals surface area (Å²) in [5.41, 5.74) is -2.30. The van der Waals surface area contributed by atoms with Gasteiger partial charge < -0.3 is 9.47 Å². The molecule has 0 aliphatic carbocycles. The van der Waals surface area contributed by atoms with E-state index >= 15 is 0 Å². The number of carbonyl (C=O) groups is 2. The van der Waals surface area contributed by atoms with Gasteiger partial charge in [0.05, 0.1) is 0 Å². The molecule has 0 saturated heterocycles. The van der Waals surface area contributed by atoms with Crippen LogP contribution in [0.1, 0.15) is 34.1 Å². The topological polar surface area (TPSA) is 52.6 Å². The summed E-state index contributed by atoms with van der Waals surface area (Å²) in [6.07, 6.45) is -15.7. The van der Waals surface area contributed by atoms with Crippen LogP contribution in [0.5, 0.6) is 0 Å². The third-order valence-electron chi connectivity index (χ3n) is 2.54. The van der Waals surface area contributed by atoms with Gasteiger partial charge >= 0.3 is 76.5 Å². The second kappa shape index (κ2) is 9.05. The van der Waals surface area contributed by atoms with Gasteiger partial charge in [-0.15, -0.1) is 0 Å². The summed E-state index contributed by atoms with van der Waals surface area (Å²) in [6.45, 7) is 4.59. The Morgan fingerprint density at radius 1 is 1.04 bits per heavy atom. The summed E-state index contributed by atoms with van der Waals surface area (Å²) in [5, 5.41) is 0. The largest absolute Gasteiger partial charge is 1.00 e. The molecule has 0 saturated carbocycles. The van der Waals surface area contributed by atoms with E-state index in [-0.39, 0.29) is 70.5 Å². The minimum atomic E-state index is -5.83. The predicted octanol–water partition coefficient (Wildman–Crippen LogP) is 0.353. The fourth-order valence-electron chi connectivity index (χ4n) is 1.07. The Morgan fingerprint density at radius 2 is 1.43 bits per heavy atom. The molecule has 0 aromatic rings. The van der Waals surface area contributed by atoms with Crippen molar-refractivity contribution < 1.29 is 104 Å². The summed E-state index contributed by atoms with van der Waals surface area (Å²) >= 11 is 0. The minimum absolute atomic E-state index is 0. The number of hydrogen-bond acceptors (Lipinski definition) is 4. The second-order valence-corrected chi connectivity index (χ2v) is 4.90. The van der Waals surface area contributed by atoms with Crippen molar-refractivity contribution in [3.05, 3.63) is 5.92 Å². The fraction of sp³-hybridized carbons (Fsp3) is 0.750. The molecule has 0 aromatic heterocycles. The van der Waals surface area contributed by atoms with Gasteiger partial charge in [0, 0.05) is 0 Å². The van der Waals surface area contributed by atoms with Crippen molar-refractivity contribution >= 4 is 11.9 Å². The molecular weight excluding hydrogens is 408 g/mol. The zero-order valence-electron chi connectivity index (χ0n) is 13.2. The Balaban J connectivity index is 0. The molecule has 0 aliphatic rings. The van der Waals surface area contributed by atoms with E-state index < -0.39 is 36.0 Å². The van der Waals surface area contributed by atoms with Crippen LogP contribution in [0, 0.1) is 5.92 Å². The van der Waals surface area contributed by atoms with E-state index in [0.717, 1.165) is 13.8 Å². The SMILES string of the molecule is CC[C-](C)C(=O)OC(C)(C)C(=O)OC(C(F)(F)F)C(F)(F)F.[Rb+]. The Morgan fingerprint density at radius 3 is 1.74 bits per heavy atom. The van der Waals surface area contributed by atoms with Gasteiger partial charge in [-0.2, -0.15) is 39.7 Å². The molecule has 130 valence electrons. The Kier molecular flexibility index (Phi) is 10.0. The molecule has 0 atom stereocenters. The summed E-state index contributed by atoms with van der Waals surface area (Å²) in [6, 6.07) is 0. The van der Waals surface area contributed by atoms with E-state index in [0.29, 0.717) is 0 Å². The Bertz CT molecular complexity index is 405. The van der Waals surface area contributed by atoms with Crippen LogP contribution in [-0.2, 0) is 19.1 Å². The van der Waals surface area contributed by atoms with E-state index in [1.165, 1.54) is 6.92 Å². The molecule has 0 heterocycles. The molecule has 0 N–H and O–H groups in total. The molecular formula is C12H15F6O4Rb. The third kappa shape index (κ3) is 8.21.